The van der Waals surface area contributed by atoms with Gasteiger partial charge in [-0.05, 0) is 56.3 Å². The molecule has 28 heavy (non-hydrogen) atoms. The van der Waals surface area contributed by atoms with Crippen LogP contribution in [0.1, 0.15) is 13.8 Å². The Morgan fingerprint density at radius 1 is 1.07 bits per heavy atom. The number of fused-ring (bicyclic) bond motifs is 1. The topological polar surface area (TPSA) is 73.8 Å². The second kappa shape index (κ2) is 8.56. The van der Waals surface area contributed by atoms with Crippen LogP contribution in [0.5, 0.6) is 17.4 Å². The number of carbonyl (C=O) groups excluding carboxylic acids is 1. The first-order valence-electron chi connectivity index (χ1n) is 9.01. The number of carbonyl (C=O) groups is 1. The maximum atomic E-state index is 11.6. The Bertz CT molecular complexity index is 958. The van der Waals surface area contributed by atoms with E-state index in [-0.39, 0.29) is 0 Å². The number of rotatable bonds is 7. The Labute approximate surface area is 163 Å². The average molecular weight is 381 g/mol. The van der Waals surface area contributed by atoms with Crippen LogP contribution in [0.3, 0.4) is 0 Å². The highest BCUT2D eigenvalue weighted by atomic mass is 16.6. The highest BCUT2D eigenvalue weighted by Gasteiger charge is 2.15. The van der Waals surface area contributed by atoms with Crippen molar-refractivity contribution in [1.82, 2.24) is 9.97 Å². The Kier molecular flexibility index (Phi) is 5.93. The van der Waals surface area contributed by atoms with Crippen molar-refractivity contribution >= 4 is 22.7 Å². The number of ether oxygens (including phenoxy) is 3. The van der Waals surface area contributed by atoms with Crippen LogP contribution in [0, 0.1) is 0 Å². The lowest BCUT2D eigenvalue weighted by atomic mass is 10.2. The molecular formula is C21H23N3O4. The molecule has 0 aliphatic rings. The number of nitrogens with zero attached hydrogens (tertiary/aromatic N) is 3. The minimum Gasteiger partial charge on any atom is -0.479 e. The number of anilines is 1. The van der Waals surface area contributed by atoms with Crippen molar-refractivity contribution in [3.05, 3.63) is 48.7 Å². The molecule has 0 saturated heterocycles. The second-order valence-corrected chi connectivity index (χ2v) is 6.36. The first-order valence-corrected chi connectivity index (χ1v) is 9.01. The van der Waals surface area contributed by atoms with Crippen LogP contribution >= 0.6 is 0 Å². The van der Waals surface area contributed by atoms with Gasteiger partial charge >= 0.3 is 5.97 Å². The van der Waals surface area contributed by atoms with E-state index in [4.69, 9.17) is 14.2 Å². The van der Waals surface area contributed by atoms with Crippen LogP contribution in [-0.4, -0.2) is 42.7 Å². The van der Waals surface area contributed by atoms with E-state index >= 15 is 0 Å². The number of hydrogen-bond donors (Lipinski definition) is 0. The Balaban J connectivity index is 1.68. The van der Waals surface area contributed by atoms with E-state index in [2.05, 4.69) is 9.97 Å². The third-order valence-electron chi connectivity index (χ3n) is 4.00. The van der Waals surface area contributed by atoms with Crippen LogP contribution in [0.4, 0.5) is 5.69 Å². The fourth-order valence-corrected chi connectivity index (χ4v) is 2.53. The second-order valence-electron chi connectivity index (χ2n) is 6.36. The highest BCUT2D eigenvalue weighted by Crippen LogP contribution is 2.25. The molecule has 0 amide bonds. The Morgan fingerprint density at radius 3 is 2.46 bits per heavy atom. The van der Waals surface area contributed by atoms with Gasteiger partial charge in [0.15, 0.2) is 6.10 Å². The lowest BCUT2D eigenvalue weighted by Gasteiger charge is -2.14. The van der Waals surface area contributed by atoms with Crippen LogP contribution in [0.2, 0.25) is 0 Å². The largest absolute Gasteiger partial charge is 0.479 e. The molecule has 0 aliphatic heterocycles. The highest BCUT2D eigenvalue weighted by molar-refractivity contribution is 5.79. The Hall–Kier alpha value is -3.35. The number of aromatic nitrogens is 2. The molecule has 1 atom stereocenters. The number of esters is 1. The van der Waals surface area contributed by atoms with Crippen molar-refractivity contribution in [2.45, 2.75) is 20.0 Å². The van der Waals surface area contributed by atoms with Gasteiger partial charge in [-0.1, -0.05) is 0 Å². The zero-order valence-corrected chi connectivity index (χ0v) is 16.4. The summed E-state index contributed by atoms with van der Waals surface area (Å²) in [6.45, 7) is 3.73. The van der Waals surface area contributed by atoms with Crippen LogP contribution in [0.15, 0.2) is 48.7 Å². The number of hydrogen-bond acceptors (Lipinski definition) is 7. The molecule has 3 aromatic rings. The molecule has 1 unspecified atom stereocenters. The lowest BCUT2D eigenvalue weighted by Crippen LogP contribution is -2.25. The zero-order valence-electron chi connectivity index (χ0n) is 16.4. The van der Waals surface area contributed by atoms with E-state index < -0.39 is 12.1 Å². The van der Waals surface area contributed by atoms with Crippen molar-refractivity contribution in [3.63, 3.8) is 0 Å². The summed E-state index contributed by atoms with van der Waals surface area (Å²) >= 11 is 0. The predicted molar refractivity (Wildman–Crippen MR) is 107 cm³/mol. The SMILES string of the molecule is CCOC(=O)C(C)Oc1ccc(Oc2cnc3cc(N(C)C)ccc3n2)cc1. The van der Waals surface area contributed by atoms with E-state index in [0.717, 1.165) is 16.7 Å². The zero-order chi connectivity index (χ0) is 20.1. The maximum Gasteiger partial charge on any atom is 0.347 e. The lowest BCUT2D eigenvalue weighted by molar-refractivity contribution is -0.150. The van der Waals surface area contributed by atoms with Gasteiger partial charge in [0.05, 0.1) is 23.8 Å². The minimum absolute atomic E-state index is 0.322. The van der Waals surface area contributed by atoms with Gasteiger partial charge in [-0.2, -0.15) is 0 Å². The maximum absolute atomic E-state index is 11.6. The fraction of sp³-hybridized carbons (Fsp3) is 0.286. The first-order chi connectivity index (χ1) is 13.5. The molecule has 1 aromatic heterocycles. The number of benzene rings is 2. The third kappa shape index (κ3) is 4.68. The molecule has 3 rings (SSSR count). The van der Waals surface area contributed by atoms with Gasteiger partial charge < -0.3 is 19.1 Å². The smallest absolute Gasteiger partial charge is 0.347 e. The van der Waals surface area contributed by atoms with Crippen molar-refractivity contribution in [2.24, 2.45) is 0 Å². The summed E-state index contributed by atoms with van der Waals surface area (Å²) in [6.07, 6.45) is 0.916. The molecule has 1 heterocycles. The van der Waals surface area contributed by atoms with Gasteiger partial charge in [0.25, 0.3) is 0 Å². The van der Waals surface area contributed by atoms with Gasteiger partial charge in [-0.3, -0.25) is 0 Å². The summed E-state index contributed by atoms with van der Waals surface area (Å²) in [5, 5.41) is 0. The van der Waals surface area contributed by atoms with Crippen LogP contribution < -0.4 is 14.4 Å². The van der Waals surface area contributed by atoms with Gasteiger partial charge in [-0.25, -0.2) is 14.8 Å². The summed E-state index contributed by atoms with van der Waals surface area (Å²) in [5.74, 6) is 1.15. The first kappa shape index (κ1) is 19.4. The van der Waals surface area contributed by atoms with Crippen molar-refractivity contribution < 1.29 is 19.0 Å². The average Bonchev–Trinajstić information content (AvgIpc) is 2.69. The summed E-state index contributed by atoms with van der Waals surface area (Å²) in [6, 6.07) is 12.8. The van der Waals surface area contributed by atoms with Gasteiger partial charge in [0.1, 0.15) is 11.5 Å². The summed E-state index contributed by atoms with van der Waals surface area (Å²) in [5.41, 5.74) is 2.62. The van der Waals surface area contributed by atoms with Gasteiger partial charge in [0.2, 0.25) is 5.88 Å². The molecule has 0 N–H and O–H groups in total. The van der Waals surface area contributed by atoms with E-state index in [9.17, 15) is 4.79 Å². The third-order valence-corrected chi connectivity index (χ3v) is 4.00. The molecule has 0 spiro atoms. The molecule has 146 valence electrons. The molecule has 0 saturated carbocycles. The van der Waals surface area contributed by atoms with Crippen LogP contribution in [0.25, 0.3) is 11.0 Å². The van der Waals surface area contributed by atoms with Gasteiger partial charge in [-0.15, -0.1) is 0 Å². The fourth-order valence-electron chi connectivity index (χ4n) is 2.53. The van der Waals surface area contributed by atoms with E-state index in [1.54, 1.807) is 44.3 Å². The van der Waals surface area contributed by atoms with E-state index in [0.29, 0.717) is 24.0 Å². The van der Waals surface area contributed by atoms with Crippen molar-refractivity contribution in [1.29, 1.82) is 0 Å². The standard InChI is InChI=1S/C21H23N3O4/c1-5-26-21(25)14(2)27-16-7-9-17(10-8-16)28-20-13-22-19-12-15(24(3)4)6-11-18(19)23-20/h6-14H,5H2,1-4H3. The molecule has 0 aliphatic carbocycles. The van der Waals surface area contributed by atoms with Gasteiger partial charge in [0, 0.05) is 19.8 Å². The molecule has 7 heteroatoms. The van der Waals surface area contributed by atoms with Crippen molar-refractivity contribution in [2.75, 3.05) is 25.6 Å². The molecule has 2 aromatic carbocycles. The van der Waals surface area contributed by atoms with Crippen molar-refractivity contribution in [3.8, 4) is 17.4 Å². The summed E-state index contributed by atoms with van der Waals surface area (Å²) in [4.78, 5) is 22.6. The molecule has 0 bridgehead atoms. The molecule has 0 radical (unpaired) electrons. The monoisotopic (exact) mass is 381 g/mol. The summed E-state index contributed by atoms with van der Waals surface area (Å²) < 4.78 is 16.3. The molecule has 7 nitrogen and oxygen atoms in total. The minimum atomic E-state index is -0.676. The molecular weight excluding hydrogens is 358 g/mol. The van der Waals surface area contributed by atoms with Crippen LogP contribution in [-0.2, 0) is 9.53 Å². The molecule has 0 fully saturated rings. The van der Waals surface area contributed by atoms with E-state index in [1.165, 1.54) is 0 Å². The van der Waals surface area contributed by atoms with E-state index in [1.807, 2.05) is 37.2 Å². The Morgan fingerprint density at radius 2 is 1.79 bits per heavy atom. The normalized spacial score (nSPS) is 11.7. The quantitative estimate of drug-likeness (QED) is 0.576. The summed E-state index contributed by atoms with van der Waals surface area (Å²) in [7, 11) is 3.96. The predicted octanol–water partition coefficient (Wildman–Crippen LogP) is 3.82.